The molecule has 0 bridgehead atoms. The standard InChI is InChI=1S/C29H45NO5/c1-16-8-11-29(33-15-16)17(2)26-24(35-29)13-23-21-7-6-19-12-20(34-18(3)31)9-10-27(19,4)22(21)14-25(30-32)28(23,26)5/h16-17,19-24,26,32H,6-15H2,1-5H3/t16?,17-,19-,20-,21+,22-,23-,24-,26-,27-,28+,29+/m0/s1. The molecule has 0 aromatic heterocycles. The van der Waals surface area contributed by atoms with Crippen molar-refractivity contribution in [3.63, 3.8) is 0 Å². The molecule has 196 valence electrons. The number of fused-ring (bicyclic) bond motifs is 7. The van der Waals surface area contributed by atoms with Gasteiger partial charge in [0.15, 0.2) is 5.79 Å². The maximum Gasteiger partial charge on any atom is 0.302 e. The number of carbonyl (C=O) groups excluding carboxylic acids is 1. The Morgan fingerprint density at radius 3 is 2.57 bits per heavy atom. The van der Waals surface area contributed by atoms with Crippen molar-refractivity contribution in [2.75, 3.05) is 6.61 Å². The van der Waals surface area contributed by atoms with Crippen molar-refractivity contribution in [1.29, 1.82) is 0 Å². The summed E-state index contributed by atoms with van der Waals surface area (Å²) < 4.78 is 19.0. The Balaban J connectivity index is 1.28. The van der Waals surface area contributed by atoms with Crippen LogP contribution in [0.1, 0.15) is 92.4 Å². The summed E-state index contributed by atoms with van der Waals surface area (Å²) >= 11 is 0. The van der Waals surface area contributed by atoms with Gasteiger partial charge in [0.2, 0.25) is 0 Å². The average Bonchev–Trinajstić information content (AvgIpc) is 3.26. The Kier molecular flexibility index (Phi) is 5.66. The van der Waals surface area contributed by atoms with Crippen LogP contribution in [0, 0.1) is 52.3 Å². The highest BCUT2D eigenvalue weighted by atomic mass is 16.7. The average molecular weight is 488 g/mol. The molecule has 1 N–H and O–H groups in total. The lowest BCUT2D eigenvalue weighted by Gasteiger charge is -2.61. The number of esters is 1. The molecule has 2 heterocycles. The molecule has 6 aliphatic rings. The van der Waals surface area contributed by atoms with Crippen LogP contribution in [0.2, 0.25) is 0 Å². The number of ether oxygens (including phenoxy) is 3. The number of hydrogen-bond acceptors (Lipinski definition) is 6. The van der Waals surface area contributed by atoms with E-state index in [1.54, 1.807) is 0 Å². The predicted molar refractivity (Wildman–Crippen MR) is 132 cm³/mol. The predicted octanol–water partition coefficient (Wildman–Crippen LogP) is 5.80. The van der Waals surface area contributed by atoms with E-state index in [4.69, 9.17) is 14.2 Å². The highest BCUT2D eigenvalue weighted by Gasteiger charge is 2.71. The van der Waals surface area contributed by atoms with E-state index in [1.807, 2.05) is 0 Å². The zero-order chi connectivity index (χ0) is 24.8. The lowest BCUT2D eigenvalue weighted by Crippen LogP contribution is -2.58. The lowest BCUT2D eigenvalue weighted by atomic mass is 9.44. The van der Waals surface area contributed by atoms with Gasteiger partial charge in [-0.1, -0.05) is 32.9 Å². The summed E-state index contributed by atoms with van der Waals surface area (Å²) in [5.41, 5.74) is 1.09. The fraction of sp³-hybridized carbons (Fsp3) is 0.931. The third-order valence-electron chi connectivity index (χ3n) is 12.2. The Morgan fingerprint density at radius 2 is 1.89 bits per heavy atom. The van der Waals surface area contributed by atoms with Crippen molar-refractivity contribution in [1.82, 2.24) is 0 Å². The van der Waals surface area contributed by atoms with Gasteiger partial charge in [0.05, 0.1) is 18.4 Å². The molecule has 1 spiro atoms. The van der Waals surface area contributed by atoms with Crippen LogP contribution in [0.3, 0.4) is 0 Å². The molecule has 6 fully saturated rings. The molecule has 0 aromatic carbocycles. The van der Waals surface area contributed by atoms with E-state index >= 15 is 0 Å². The molecule has 0 amide bonds. The summed E-state index contributed by atoms with van der Waals surface area (Å²) in [5.74, 6) is 2.86. The fourth-order valence-corrected chi connectivity index (χ4v) is 10.4. The van der Waals surface area contributed by atoms with Gasteiger partial charge in [-0.2, -0.15) is 0 Å². The van der Waals surface area contributed by atoms with Crippen molar-refractivity contribution in [2.24, 2.45) is 57.4 Å². The number of carbonyl (C=O) groups is 1. The van der Waals surface area contributed by atoms with Crippen LogP contribution < -0.4 is 0 Å². The van der Waals surface area contributed by atoms with Crippen LogP contribution in [0.15, 0.2) is 5.16 Å². The first-order valence-corrected chi connectivity index (χ1v) is 14.3. The van der Waals surface area contributed by atoms with E-state index in [1.165, 1.54) is 19.8 Å². The van der Waals surface area contributed by atoms with Crippen LogP contribution >= 0.6 is 0 Å². The summed E-state index contributed by atoms with van der Waals surface area (Å²) in [6.07, 6.45) is 9.80. The number of hydrogen-bond donors (Lipinski definition) is 1. The zero-order valence-electron chi connectivity index (χ0n) is 22.3. The van der Waals surface area contributed by atoms with Gasteiger partial charge in [-0.15, -0.1) is 0 Å². The van der Waals surface area contributed by atoms with Crippen molar-refractivity contribution < 1.29 is 24.2 Å². The van der Waals surface area contributed by atoms with E-state index < -0.39 is 5.79 Å². The molecule has 2 saturated heterocycles. The molecule has 6 heteroatoms. The molecule has 6 nitrogen and oxygen atoms in total. The Labute approximate surface area is 210 Å². The minimum absolute atomic E-state index is 0.0662. The molecule has 6 rings (SSSR count). The Morgan fingerprint density at radius 1 is 1.09 bits per heavy atom. The largest absolute Gasteiger partial charge is 0.463 e. The molecule has 4 saturated carbocycles. The van der Waals surface area contributed by atoms with Crippen LogP contribution in [0.5, 0.6) is 0 Å². The molecular weight excluding hydrogens is 442 g/mol. The topological polar surface area (TPSA) is 77.4 Å². The molecule has 12 atom stereocenters. The van der Waals surface area contributed by atoms with Gasteiger partial charge in [0, 0.05) is 30.6 Å². The molecular formula is C29H45NO5. The first-order chi connectivity index (χ1) is 16.6. The van der Waals surface area contributed by atoms with Gasteiger partial charge >= 0.3 is 5.97 Å². The monoisotopic (exact) mass is 487 g/mol. The van der Waals surface area contributed by atoms with Crippen molar-refractivity contribution >= 4 is 11.7 Å². The maximum absolute atomic E-state index is 11.6. The van der Waals surface area contributed by atoms with Crippen molar-refractivity contribution in [3.8, 4) is 0 Å². The van der Waals surface area contributed by atoms with Crippen molar-refractivity contribution in [2.45, 2.75) is 110 Å². The smallest absolute Gasteiger partial charge is 0.302 e. The van der Waals surface area contributed by atoms with E-state index in [0.29, 0.717) is 41.4 Å². The van der Waals surface area contributed by atoms with Gasteiger partial charge in [-0.05, 0) is 86.4 Å². The summed E-state index contributed by atoms with van der Waals surface area (Å²) in [6.45, 7) is 11.8. The Hall–Kier alpha value is -1.14. The second kappa shape index (κ2) is 8.18. The van der Waals surface area contributed by atoms with Crippen LogP contribution in [0.25, 0.3) is 0 Å². The maximum atomic E-state index is 11.6. The molecule has 35 heavy (non-hydrogen) atoms. The third-order valence-corrected chi connectivity index (χ3v) is 12.2. The fourth-order valence-electron chi connectivity index (χ4n) is 10.4. The highest BCUT2D eigenvalue weighted by molar-refractivity contribution is 5.92. The lowest BCUT2D eigenvalue weighted by molar-refractivity contribution is -0.272. The van der Waals surface area contributed by atoms with Crippen LogP contribution in [-0.4, -0.2) is 41.5 Å². The van der Waals surface area contributed by atoms with E-state index in [0.717, 1.165) is 57.3 Å². The number of oxime groups is 1. The second-order valence-corrected chi connectivity index (χ2v) is 13.7. The first-order valence-electron chi connectivity index (χ1n) is 14.3. The molecule has 0 aromatic rings. The third kappa shape index (κ3) is 3.34. The quantitative estimate of drug-likeness (QED) is 0.287. The molecule has 0 radical (unpaired) electrons. The van der Waals surface area contributed by atoms with E-state index in [9.17, 15) is 10.0 Å². The Bertz CT molecular complexity index is 896. The zero-order valence-corrected chi connectivity index (χ0v) is 22.3. The molecule has 2 aliphatic heterocycles. The summed E-state index contributed by atoms with van der Waals surface area (Å²) in [6, 6.07) is 0. The first kappa shape index (κ1) is 24.2. The van der Waals surface area contributed by atoms with E-state index in [2.05, 4.69) is 32.9 Å². The van der Waals surface area contributed by atoms with Gasteiger partial charge in [-0.25, -0.2) is 0 Å². The van der Waals surface area contributed by atoms with Crippen molar-refractivity contribution in [3.05, 3.63) is 0 Å². The molecule has 1 unspecified atom stereocenters. The molecule has 4 aliphatic carbocycles. The minimum Gasteiger partial charge on any atom is -0.463 e. The number of rotatable bonds is 1. The number of nitrogens with zero attached hydrogens (tertiary/aromatic N) is 1. The van der Waals surface area contributed by atoms with Gasteiger partial charge < -0.3 is 19.4 Å². The van der Waals surface area contributed by atoms with Gasteiger partial charge in [-0.3, -0.25) is 4.79 Å². The van der Waals surface area contributed by atoms with E-state index in [-0.39, 0.29) is 29.0 Å². The summed E-state index contributed by atoms with van der Waals surface area (Å²) in [4.78, 5) is 11.6. The van der Waals surface area contributed by atoms with Crippen LogP contribution in [0.4, 0.5) is 0 Å². The van der Waals surface area contributed by atoms with Gasteiger partial charge in [0.1, 0.15) is 6.10 Å². The highest BCUT2D eigenvalue weighted by Crippen LogP contribution is 2.70. The second-order valence-electron chi connectivity index (χ2n) is 13.7. The van der Waals surface area contributed by atoms with Gasteiger partial charge in [0.25, 0.3) is 0 Å². The normalized spacial score (nSPS) is 56.3. The van der Waals surface area contributed by atoms with Crippen LogP contribution in [-0.2, 0) is 19.0 Å². The minimum atomic E-state index is -0.452. The summed E-state index contributed by atoms with van der Waals surface area (Å²) in [7, 11) is 0. The SMILES string of the molecule is CC(=O)O[C@H]1CC[C@@]2(C)[C@@H](CC[C@@H]3[C@@H]2CC(=NO)[C@]2(C)[C@@H]4[C@H](C[C@@H]32)O[C@]2(CCC(C)CO2)[C@H]4C)C1. The summed E-state index contributed by atoms with van der Waals surface area (Å²) in [5, 5.41) is 14.5.